The minimum atomic E-state index is -4.53. The van der Waals surface area contributed by atoms with Crippen LogP contribution in [0.5, 0.6) is 0 Å². The number of alkyl halides is 3. The lowest BCUT2D eigenvalue weighted by Gasteiger charge is -2.12. The molecular formula is C17H12F3N6O2-. The van der Waals surface area contributed by atoms with Crippen LogP contribution in [0.2, 0.25) is 0 Å². The van der Waals surface area contributed by atoms with E-state index in [1.807, 2.05) is 0 Å². The number of nitrogens with one attached hydrogen (secondary N) is 2. The van der Waals surface area contributed by atoms with Crippen LogP contribution in [0.1, 0.15) is 11.1 Å². The summed E-state index contributed by atoms with van der Waals surface area (Å²) in [4.78, 5) is 26.4. The quantitative estimate of drug-likeness (QED) is 0.688. The van der Waals surface area contributed by atoms with Crippen molar-refractivity contribution in [2.45, 2.75) is 12.7 Å². The molecule has 0 unspecified atom stereocenters. The third-order valence-corrected chi connectivity index (χ3v) is 3.55. The predicted molar refractivity (Wildman–Crippen MR) is 90.8 cm³/mol. The largest absolute Gasteiger partial charge is 0.530 e. The van der Waals surface area contributed by atoms with Gasteiger partial charge in [-0.1, -0.05) is 6.07 Å². The molecule has 0 spiro atoms. The molecule has 0 bridgehead atoms. The van der Waals surface area contributed by atoms with Gasteiger partial charge in [0.25, 0.3) is 0 Å². The Balaban J connectivity index is 1.79. The summed E-state index contributed by atoms with van der Waals surface area (Å²) in [6.07, 6.45) is -1.27. The molecule has 0 saturated heterocycles. The van der Waals surface area contributed by atoms with Gasteiger partial charge in [-0.3, -0.25) is 4.98 Å². The summed E-state index contributed by atoms with van der Waals surface area (Å²) in [5.74, 6) is 0.486. The van der Waals surface area contributed by atoms with Crippen molar-refractivity contribution in [3.63, 3.8) is 0 Å². The second-order valence-corrected chi connectivity index (χ2v) is 5.50. The van der Waals surface area contributed by atoms with Crippen LogP contribution in [0.25, 0.3) is 11.4 Å². The van der Waals surface area contributed by atoms with Gasteiger partial charge in [0.1, 0.15) is 17.7 Å². The average Bonchev–Trinajstić information content (AvgIpc) is 2.66. The lowest BCUT2D eigenvalue weighted by atomic mass is 10.2. The van der Waals surface area contributed by atoms with Gasteiger partial charge >= 0.3 is 6.18 Å². The smallest absolute Gasteiger partial charge is 0.417 e. The van der Waals surface area contributed by atoms with Crippen molar-refractivity contribution < 1.29 is 23.1 Å². The van der Waals surface area contributed by atoms with Crippen LogP contribution in [-0.4, -0.2) is 26.0 Å². The van der Waals surface area contributed by atoms with Crippen molar-refractivity contribution in [3.05, 3.63) is 60.2 Å². The third-order valence-electron chi connectivity index (χ3n) is 3.55. The molecule has 8 nitrogen and oxygen atoms in total. The zero-order valence-electron chi connectivity index (χ0n) is 14.1. The van der Waals surface area contributed by atoms with Gasteiger partial charge in [-0.15, -0.1) is 0 Å². The summed E-state index contributed by atoms with van der Waals surface area (Å²) in [5, 5.41) is 15.7. The number of rotatable bonds is 5. The summed E-state index contributed by atoms with van der Waals surface area (Å²) < 4.78 is 38.5. The monoisotopic (exact) mass is 389 g/mol. The van der Waals surface area contributed by atoms with Gasteiger partial charge in [0.15, 0.2) is 5.82 Å². The Hall–Kier alpha value is -3.76. The Morgan fingerprint density at radius 3 is 2.71 bits per heavy atom. The van der Waals surface area contributed by atoms with E-state index < -0.39 is 17.8 Å². The number of halogens is 3. The zero-order valence-corrected chi connectivity index (χ0v) is 14.1. The highest BCUT2D eigenvalue weighted by Crippen LogP contribution is 2.30. The van der Waals surface area contributed by atoms with Crippen molar-refractivity contribution in [2.75, 3.05) is 10.6 Å². The van der Waals surface area contributed by atoms with E-state index in [9.17, 15) is 23.1 Å². The van der Waals surface area contributed by atoms with Crippen molar-refractivity contribution in [1.29, 1.82) is 0 Å². The fourth-order valence-corrected chi connectivity index (χ4v) is 2.29. The minimum Gasteiger partial charge on any atom is -0.530 e. The first-order valence-electron chi connectivity index (χ1n) is 7.84. The average molecular weight is 389 g/mol. The van der Waals surface area contributed by atoms with Gasteiger partial charge in [-0.2, -0.15) is 13.2 Å². The van der Waals surface area contributed by atoms with Crippen LogP contribution in [0, 0.1) is 0 Å². The highest BCUT2D eigenvalue weighted by molar-refractivity contribution is 5.80. The second kappa shape index (κ2) is 7.86. The molecule has 0 aliphatic carbocycles. The molecule has 0 atom stereocenters. The number of nitrogens with zero attached hydrogens (tertiary/aromatic N) is 4. The van der Waals surface area contributed by atoms with Crippen LogP contribution in [0.15, 0.2) is 49.1 Å². The van der Waals surface area contributed by atoms with E-state index >= 15 is 0 Å². The Morgan fingerprint density at radius 2 is 1.96 bits per heavy atom. The standard InChI is InChI=1S/C17H13F3N6O2/c18-17(19,20)12-6-11(7-21-9-12)15-23-5-3-13(25-15)24-8-10-2-1-4-22-14(10)26-16(27)28/h1-7,9H,8H2,(H,22,26)(H,27,28)(H,23,24,25)/p-1. The number of hydrogen-bond acceptors (Lipinski definition) is 7. The maximum absolute atomic E-state index is 12.8. The summed E-state index contributed by atoms with van der Waals surface area (Å²) in [6.45, 7) is 0.154. The lowest BCUT2D eigenvalue weighted by molar-refractivity contribution is -0.242. The molecule has 0 fully saturated rings. The molecular weight excluding hydrogens is 377 g/mol. The van der Waals surface area contributed by atoms with E-state index in [-0.39, 0.29) is 23.8 Å². The zero-order chi connectivity index (χ0) is 20.1. The van der Waals surface area contributed by atoms with E-state index in [0.717, 1.165) is 12.3 Å². The Labute approximate surface area is 156 Å². The van der Waals surface area contributed by atoms with E-state index in [4.69, 9.17) is 0 Å². The number of carbonyl (C=O) groups excluding carboxylic acids is 1. The van der Waals surface area contributed by atoms with E-state index in [1.54, 1.807) is 12.1 Å². The summed E-state index contributed by atoms with van der Waals surface area (Å²) >= 11 is 0. The number of pyridine rings is 2. The van der Waals surface area contributed by atoms with Gasteiger partial charge < -0.3 is 20.5 Å². The van der Waals surface area contributed by atoms with E-state index in [1.165, 1.54) is 24.7 Å². The number of hydrogen-bond donors (Lipinski definition) is 2. The molecule has 3 aromatic rings. The molecule has 11 heteroatoms. The minimum absolute atomic E-state index is 0.0582. The highest BCUT2D eigenvalue weighted by Gasteiger charge is 2.31. The molecule has 0 aromatic carbocycles. The van der Waals surface area contributed by atoms with Gasteiger partial charge in [0, 0.05) is 42.5 Å². The summed E-state index contributed by atoms with van der Waals surface area (Å²) in [6, 6.07) is 5.70. The number of amides is 1. The fourth-order valence-electron chi connectivity index (χ4n) is 2.29. The predicted octanol–water partition coefficient (Wildman–Crippen LogP) is 2.32. The molecule has 0 saturated carbocycles. The Morgan fingerprint density at radius 1 is 1.14 bits per heavy atom. The third kappa shape index (κ3) is 4.69. The van der Waals surface area contributed by atoms with Gasteiger partial charge in [-0.05, 0) is 18.2 Å². The number of carbonyl (C=O) groups is 1. The van der Waals surface area contributed by atoms with Crippen molar-refractivity contribution in [1.82, 2.24) is 19.9 Å². The van der Waals surface area contributed by atoms with Crippen LogP contribution in [0.4, 0.5) is 29.6 Å². The number of carboxylic acid groups (broad SMARTS) is 1. The molecule has 2 N–H and O–H groups in total. The number of aromatic nitrogens is 4. The highest BCUT2D eigenvalue weighted by atomic mass is 19.4. The number of anilines is 2. The van der Waals surface area contributed by atoms with Crippen molar-refractivity contribution >= 4 is 17.7 Å². The molecule has 28 heavy (non-hydrogen) atoms. The molecule has 1 amide bonds. The molecule has 3 rings (SSSR count). The van der Waals surface area contributed by atoms with Crippen LogP contribution in [-0.2, 0) is 12.7 Å². The first kappa shape index (κ1) is 19.0. The van der Waals surface area contributed by atoms with Crippen LogP contribution in [0.3, 0.4) is 0 Å². The molecule has 3 heterocycles. The molecule has 0 aliphatic heterocycles. The first-order valence-corrected chi connectivity index (χ1v) is 7.84. The molecule has 0 aliphatic rings. The Kier molecular flexibility index (Phi) is 5.34. The van der Waals surface area contributed by atoms with E-state index in [0.29, 0.717) is 11.4 Å². The van der Waals surface area contributed by atoms with Crippen molar-refractivity contribution in [2.24, 2.45) is 0 Å². The second-order valence-electron chi connectivity index (χ2n) is 5.50. The molecule has 0 radical (unpaired) electrons. The summed E-state index contributed by atoms with van der Waals surface area (Å²) in [7, 11) is 0. The van der Waals surface area contributed by atoms with Gasteiger partial charge in [0.05, 0.1) is 5.56 Å². The van der Waals surface area contributed by atoms with Crippen molar-refractivity contribution in [3.8, 4) is 11.4 Å². The Bertz CT molecular complexity index is 996. The van der Waals surface area contributed by atoms with Gasteiger partial charge in [-0.25, -0.2) is 15.0 Å². The van der Waals surface area contributed by atoms with Gasteiger partial charge in [0.2, 0.25) is 0 Å². The SMILES string of the molecule is O=C([O-])Nc1ncccc1CNc1ccnc(-c2cncc(C(F)(F)F)c2)n1. The van der Waals surface area contributed by atoms with Crippen LogP contribution < -0.4 is 15.7 Å². The topological polar surface area (TPSA) is 116 Å². The maximum atomic E-state index is 12.8. The van der Waals surface area contributed by atoms with Crippen LogP contribution >= 0.6 is 0 Å². The molecule has 3 aromatic heterocycles. The summed E-state index contributed by atoms with van der Waals surface area (Å²) in [5.41, 5.74) is -0.271. The first-order chi connectivity index (χ1) is 13.3. The maximum Gasteiger partial charge on any atom is 0.417 e. The lowest BCUT2D eigenvalue weighted by Crippen LogP contribution is -2.29. The fraction of sp³-hybridized carbons (Fsp3) is 0.118. The molecule has 144 valence electrons. The normalized spacial score (nSPS) is 11.1. The van der Waals surface area contributed by atoms with E-state index in [2.05, 4.69) is 30.6 Å².